The van der Waals surface area contributed by atoms with Gasteiger partial charge in [0.25, 0.3) is 0 Å². The number of Topliss-reactive ketones (excluding diaryl/α,β-unsaturated/α-hetero) is 3. The van der Waals surface area contributed by atoms with E-state index in [0.717, 1.165) is 5.35 Å². The molecule has 8 heteroatoms. The standard InChI is InChI=1S/C20H12N4O4/c25-15-8-13-6-11-2-1-9(21-11)5-10-3-4-12(22-10)7-14-18(26)20(28)17(24-14)19(27)16(15)23-13/h1-8,14,17,21,24H. The van der Waals surface area contributed by atoms with E-state index < -0.39 is 35.2 Å². The highest BCUT2D eigenvalue weighted by molar-refractivity contribution is 6.73. The van der Waals surface area contributed by atoms with Gasteiger partial charge in [-0.25, -0.2) is 9.98 Å². The highest BCUT2D eigenvalue weighted by Gasteiger charge is 2.46. The molecule has 1 fully saturated rings. The summed E-state index contributed by atoms with van der Waals surface area (Å²) in [7, 11) is 0. The van der Waals surface area contributed by atoms with Crippen molar-refractivity contribution >= 4 is 46.7 Å². The normalized spacial score (nSPS) is 25.9. The number of ketones is 4. The number of aromatic amines is 1. The number of rotatable bonds is 0. The first kappa shape index (κ1) is 16.4. The van der Waals surface area contributed by atoms with Crippen LogP contribution in [0.15, 0.2) is 57.8 Å². The van der Waals surface area contributed by atoms with Gasteiger partial charge in [0.2, 0.25) is 23.1 Å². The Morgan fingerprint density at radius 1 is 0.786 bits per heavy atom. The van der Waals surface area contributed by atoms with E-state index in [4.69, 9.17) is 0 Å². The second kappa shape index (κ2) is 5.86. The van der Waals surface area contributed by atoms with E-state index in [2.05, 4.69) is 20.3 Å². The zero-order valence-electron chi connectivity index (χ0n) is 14.3. The largest absolute Gasteiger partial charge is 0.355 e. The Morgan fingerprint density at radius 2 is 1.57 bits per heavy atom. The minimum Gasteiger partial charge on any atom is -0.355 e. The lowest BCUT2D eigenvalue weighted by Gasteiger charge is -2.08. The summed E-state index contributed by atoms with van der Waals surface area (Å²) in [4.78, 5) is 61.1. The molecule has 0 amide bonds. The molecule has 0 aromatic carbocycles. The molecule has 1 aromatic rings. The van der Waals surface area contributed by atoms with E-state index in [1.807, 2.05) is 18.2 Å². The molecule has 8 bridgehead atoms. The summed E-state index contributed by atoms with van der Waals surface area (Å²) in [6.45, 7) is 0. The molecule has 5 heterocycles. The van der Waals surface area contributed by atoms with Gasteiger partial charge in [0, 0.05) is 16.8 Å². The monoisotopic (exact) mass is 372 g/mol. The smallest absolute Gasteiger partial charge is 0.225 e. The number of nitrogens with one attached hydrogen (secondary N) is 2. The fraction of sp³-hybridized carbons (Fsp3) is 0.100. The molecule has 0 saturated carbocycles. The molecule has 4 aliphatic rings. The van der Waals surface area contributed by atoms with Crippen molar-refractivity contribution in [2.45, 2.75) is 12.1 Å². The summed E-state index contributed by atoms with van der Waals surface area (Å²) in [6, 6.07) is 1.26. The lowest BCUT2D eigenvalue weighted by atomic mass is 10.0. The van der Waals surface area contributed by atoms with Gasteiger partial charge in [0.15, 0.2) is 5.71 Å². The number of aliphatic imine (C=N–C) groups is 2. The van der Waals surface area contributed by atoms with E-state index in [1.54, 1.807) is 18.2 Å². The first-order valence-corrected chi connectivity index (χ1v) is 8.58. The number of allylic oxidation sites excluding steroid dienone is 4. The average molecular weight is 372 g/mol. The molecule has 2 unspecified atom stereocenters. The van der Waals surface area contributed by atoms with Crippen molar-refractivity contribution in [1.29, 1.82) is 0 Å². The summed E-state index contributed by atoms with van der Waals surface area (Å²) in [5.41, 5.74) is 1.11. The zero-order chi connectivity index (χ0) is 19.4. The van der Waals surface area contributed by atoms with Crippen LogP contribution in [0.5, 0.6) is 0 Å². The maximum absolute atomic E-state index is 12.7. The molecular formula is C20H12N4O4. The molecular weight excluding hydrogens is 360 g/mol. The summed E-state index contributed by atoms with van der Waals surface area (Å²) < 4.78 is 0. The molecule has 1 aromatic heterocycles. The van der Waals surface area contributed by atoms with E-state index in [9.17, 15) is 19.2 Å². The van der Waals surface area contributed by atoms with Crippen LogP contribution in [-0.2, 0) is 19.2 Å². The number of hydrogen-bond acceptors (Lipinski definition) is 7. The van der Waals surface area contributed by atoms with Gasteiger partial charge in [-0.2, -0.15) is 0 Å². The SMILES string of the molecule is O=C1C=C2C=c3ccc([nH]3)=CC3=NC(=CC4NC(C(=O)C4=O)C(=O)C1=N2)C=C3. The molecule has 2 atom stereocenters. The van der Waals surface area contributed by atoms with Gasteiger partial charge >= 0.3 is 0 Å². The second-order valence-electron chi connectivity index (χ2n) is 6.68. The lowest BCUT2D eigenvalue weighted by molar-refractivity contribution is -0.136. The Kier molecular flexibility index (Phi) is 3.43. The third-order valence-corrected chi connectivity index (χ3v) is 4.74. The van der Waals surface area contributed by atoms with Crippen molar-refractivity contribution < 1.29 is 19.2 Å². The molecule has 0 aliphatic carbocycles. The Morgan fingerprint density at radius 3 is 2.39 bits per heavy atom. The van der Waals surface area contributed by atoms with Gasteiger partial charge in [-0.05, 0) is 42.5 Å². The average Bonchev–Trinajstić information content (AvgIpc) is 3.42. The van der Waals surface area contributed by atoms with E-state index >= 15 is 0 Å². The van der Waals surface area contributed by atoms with Crippen LogP contribution in [-0.4, -0.2) is 51.6 Å². The molecule has 136 valence electrons. The fourth-order valence-electron chi connectivity index (χ4n) is 3.41. The van der Waals surface area contributed by atoms with Crippen LogP contribution in [0, 0.1) is 0 Å². The molecule has 8 nitrogen and oxygen atoms in total. The molecule has 5 rings (SSSR count). The van der Waals surface area contributed by atoms with Crippen LogP contribution in [0.1, 0.15) is 0 Å². The van der Waals surface area contributed by atoms with Crippen molar-refractivity contribution in [2.75, 3.05) is 0 Å². The van der Waals surface area contributed by atoms with Crippen LogP contribution in [0.2, 0.25) is 0 Å². The quantitative estimate of drug-likeness (QED) is 0.421. The van der Waals surface area contributed by atoms with Gasteiger partial charge in [-0.1, -0.05) is 0 Å². The summed E-state index contributed by atoms with van der Waals surface area (Å²) in [6.07, 6.45) is 9.67. The number of H-pyrrole nitrogens is 1. The molecule has 2 N–H and O–H groups in total. The summed E-state index contributed by atoms with van der Waals surface area (Å²) >= 11 is 0. The highest BCUT2D eigenvalue weighted by atomic mass is 16.2. The second-order valence-corrected chi connectivity index (χ2v) is 6.68. The van der Waals surface area contributed by atoms with Crippen molar-refractivity contribution in [3.8, 4) is 0 Å². The number of fused-ring (bicyclic) bond motifs is 6. The molecule has 1 saturated heterocycles. The van der Waals surface area contributed by atoms with E-state index in [1.165, 1.54) is 12.2 Å². The highest BCUT2D eigenvalue weighted by Crippen LogP contribution is 2.17. The summed E-state index contributed by atoms with van der Waals surface area (Å²) in [5.74, 6) is -3.01. The third-order valence-electron chi connectivity index (χ3n) is 4.74. The molecule has 0 spiro atoms. The van der Waals surface area contributed by atoms with Crippen LogP contribution < -0.4 is 16.0 Å². The van der Waals surface area contributed by atoms with Crippen LogP contribution in [0.25, 0.3) is 12.2 Å². The van der Waals surface area contributed by atoms with E-state index in [-0.39, 0.29) is 5.71 Å². The number of hydrogen-bond donors (Lipinski definition) is 2. The Balaban J connectivity index is 1.68. The zero-order valence-corrected chi connectivity index (χ0v) is 14.3. The maximum Gasteiger partial charge on any atom is 0.225 e. The minimum absolute atomic E-state index is 0.294. The topological polar surface area (TPSA) is 121 Å². The van der Waals surface area contributed by atoms with Gasteiger partial charge < -0.3 is 4.98 Å². The fourth-order valence-corrected chi connectivity index (χ4v) is 3.41. The predicted molar refractivity (Wildman–Crippen MR) is 99.9 cm³/mol. The summed E-state index contributed by atoms with van der Waals surface area (Å²) in [5, 5.41) is 4.18. The van der Waals surface area contributed by atoms with Crippen molar-refractivity contribution in [3.05, 3.63) is 58.5 Å². The molecule has 0 radical (unpaired) electrons. The number of carbonyl (C=O) groups excluding carboxylic acids is 4. The van der Waals surface area contributed by atoms with Gasteiger partial charge in [0.05, 0.1) is 23.1 Å². The lowest BCUT2D eigenvalue weighted by Crippen LogP contribution is -2.43. The Labute approximate surface area is 157 Å². The molecule has 28 heavy (non-hydrogen) atoms. The first-order valence-electron chi connectivity index (χ1n) is 8.58. The van der Waals surface area contributed by atoms with Gasteiger partial charge in [-0.3, -0.25) is 24.5 Å². The van der Waals surface area contributed by atoms with Crippen LogP contribution in [0.4, 0.5) is 0 Å². The van der Waals surface area contributed by atoms with Gasteiger partial charge in [0.1, 0.15) is 6.04 Å². The van der Waals surface area contributed by atoms with Gasteiger partial charge in [-0.15, -0.1) is 0 Å². The number of carbonyl (C=O) groups is 4. The Hall–Kier alpha value is -3.78. The molecule has 4 aliphatic heterocycles. The minimum atomic E-state index is -1.42. The first-order chi connectivity index (χ1) is 13.5. The van der Waals surface area contributed by atoms with Crippen molar-refractivity contribution in [2.24, 2.45) is 9.98 Å². The van der Waals surface area contributed by atoms with Crippen LogP contribution >= 0.6 is 0 Å². The van der Waals surface area contributed by atoms with Crippen LogP contribution in [0.3, 0.4) is 0 Å². The Bertz CT molecular complexity index is 1270. The van der Waals surface area contributed by atoms with Crippen molar-refractivity contribution in [1.82, 2.24) is 10.3 Å². The van der Waals surface area contributed by atoms with E-state index in [0.29, 0.717) is 22.5 Å². The predicted octanol–water partition coefficient (Wildman–Crippen LogP) is -1.56. The maximum atomic E-state index is 12.7. The number of aromatic nitrogens is 1. The third kappa shape index (κ3) is 2.58. The number of nitrogens with zero attached hydrogens (tertiary/aromatic N) is 2. The van der Waals surface area contributed by atoms with Crippen molar-refractivity contribution in [3.63, 3.8) is 0 Å².